The molecule has 6 nitrogen and oxygen atoms in total. The standard InChI is InChI=1S/C20H24F3N3O3S2/c1-25-15(9-17(27)24-12-4-6-31(28,29)7-5-12)16-8-11(10-26(16)20(25)30)18-13(21)2-3-14(22)19(18)23/h2-3,11-12,28-29H,4-10H2,1H3,(H,24,27). The average Bonchev–Trinajstić information content (AvgIpc) is 3.22. The lowest BCUT2D eigenvalue weighted by Crippen LogP contribution is -2.40. The second kappa shape index (κ2) is 8.27. The van der Waals surface area contributed by atoms with Gasteiger partial charge in [-0.05, 0) is 43.6 Å². The van der Waals surface area contributed by atoms with Gasteiger partial charge in [0, 0.05) is 54.0 Å². The zero-order chi connectivity index (χ0) is 22.5. The molecule has 0 saturated carbocycles. The maximum atomic E-state index is 14.3. The highest BCUT2D eigenvalue weighted by Gasteiger charge is 2.33. The summed E-state index contributed by atoms with van der Waals surface area (Å²) in [6.45, 7) is 0.210. The third-order valence-corrected chi connectivity index (χ3v) is 8.46. The number of imidazole rings is 1. The highest BCUT2D eigenvalue weighted by molar-refractivity contribution is 8.24. The van der Waals surface area contributed by atoms with Gasteiger partial charge in [-0.1, -0.05) is 0 Å². The van der Waals surface area contributed by atoms with Gasteiger partial charge in [0.25, 0.3) is 0 Å². The molecule has 1 aromatic heterocycles. The Hall–Kier alpha value is -1.82. The van der Waals surface area contributed by atoms with E-state index >= 15 is 0 Å². The van der Waals surface area contributed by atoms with E-state index in [1.165, 1.54) is 0 Å². The normalized spacial score (nSPS) is 21.7. The molecule has 3 N–H and O–H groups in total. The van der Waals surface area contributed by atoms with Crippen molar-refractivity contribution in [2.75, 3.05) is 11.5 Å². The van der Waals surface area contributed by atoms with Crippen LogP contribution in [0.2, 0.25) is 0 Å². The molecule has 4 rings (SSSR count). The fourth-order valence-corrected chi connectivity index (χ4v) is 6.33. The zero-order valence-electron chi connectivity index (χ0n) is 16.9. The Labute approximate surface area is 184 Å². The lowest BCUT2D eigenvalue weighted by atomic mass is 9.95. The number of carbonyl (C=O) groups excluding carboxylic acids is 1. The van der Waals surface area contributed by atoms with Gasteiger partial charge in [0.1, 0.15) is 5.82 Å². The lowest BCUT2D eigenvalue weighted by Gasteiger charge is -2.39. The molecule has 2 aliphatic heterocycles. The first kappa shape index (κ1) is 22.4. The number of aromatic nitrogens is 2. The number of halogens is 3. The van der Waals surface area contributed by atoms with E-state index in [4.69, 9.17) is 12.2 Å². The number of rotatable bonds is 4. The minimum absolute atomic E-state index is 0.0378. The van der Waals surface area contributed by atoms with Gasteiger partial charge >= 0.3 is 0 Å². The Morgan fingerprint density at radius 2 is 1.87 bits per heavy atom. The van der Waals surface area contributed by atoms with Crippen LogP contribution in [-0.2, 0) is 31.2 Å². The molecule has 0 bridgehead atoms. The van der Waals surface area contributed by atoms with Crippen molar-refractivity contribution in [3.05, 3.63) is 51.3 Å². The van der Waals surface area contributed by atoms with Gasteiger partial charge in [-0.15, -0.1) is 0 Å². The Balaban J connectivity index is 1.52. The van der Waals surface area contributed by atoms with Gasteiger partial charge in [0.05, 0.1) is 6.42 Å². The quantitative estimate of drug-likeness (QED) is 0.463. The van der Waals surface area contributed by atoms with Crippen LogP contribution in [0, 0.1) is 22.2 Å². The summed E-state index contributed by atoms with van der Waals surface area (Å²) in [5, 5.41) is 2.93. The first-order chi connectivity index (χ1) is 14.6. The van der Waals surface area contributed by atoms with Crippen molar-refractivity contribution in [1.82, 2.24) is 14.5 Å². The second-order valence-corrected chi connectivity index (χ2v) is 11.0. The van der Waals surface area contributed by atoms with Crippen LogP contribution in [0.3, 0.4) is 0 Å². The maximum Gasteiger partial charge on any atom is 0.226 e. The minimum Gasteiger partial charge on any atom is -0.353 e. The van der Waals surface area contributed by atoms with Crippen LogP contribution in [0.4, 0.5) is 13.2 Å². The number of nitrogens with zero attached hydrogens (tertiary/aromatic N) is 2. The molecule has 0 spiro atoms. The van der Waals surface area contributed by atoms with E-state index in [1.807, 2.05) is 0 Å². The molecule has 0 aliphatic carbocycles. The van der Waals surface area contributed by atoms with E-state index in [-0.39, 0.29) is 48.4 Å². The van der Waals surface area contributed by atoms with Crippen molar-refractivity contribution >= 4 is 28.7 Å². The van der Waals surface area contributed by atoms with Gasteiger partial charge in [0.15, 0.2) is 16.4 Å². The molecule has 1 unspecified atom stereocenters. The van der Waals surface area contributed by atoms with Gasteiger partial charge in [-0.25, -0.2) is 13.2 Å². The zero-order valence-corrected chi connectivity index (χ0v) is 18.5. The number of amides is 1. The first-order valence-corrected chi connectivity index (χ1v) is 12.3. The third-order valence-electron chi connectivity index (χ3n) is 6.19. The summed E-state index contributed by atoms with van der Waals surface area (Å²) in [5.74, 6) is -3.37. The molecule has 1 aromatic carbocycles. The molecule has 11 heteroatoms. The largest absolute Gasteiger partial charge is 0.353 e. The molecule has 2 aliphatic rings. The molecule has 2 aromatic rings. The molecule has 3 heterocycles. The number of benzene rings is 1. The topological polar surface area (TPSA) is 79.4 Å². The van der Waals surface area contributed by atoms with Gasteiger partial charge in [0.2, 0.25) is 5.91 Å². The second-order valence-electron chi connectivity index (χ2n) is 8.23. The van der Waals surface area contributed by atoms with E-state index in [1.54, 1.807) is 16.2 Å². The third kappa shape index (κ3) is 4.28. The van der Waals surface area contributed by atoms with Crippen LogP contribution in [0.15, 0.2) is 12.1 Å². The lowest BCUT2D eigenvalue weighted by molar-refractivity contribution is -0.121. The van der Waals surface area contributed by atoms with E-state index in [2.05, 4.69) is 5.32 Å². The maximum absolute atomic E-state index is 14.3. The first-order valence-electron chi connectivity index (χ1n) is 10.0. The average molecular weight is 476 g/mol. The summed E-state index contributed by atoms with van der Waals surface area (Å²) in [7, 11) is -0.784. The molecule has 1 fully saturated rings. The molecule has 1 atom stereocenters. The predicted octanol–water partition coefficient (Wildman–Crippen LogP) is 3.88. The van der Waals surface area contributed by atoms with Crippen LogP contribution in [0.25, 0.3) is 0 Å². The SMILES string of the molecule is Cn1c(CC(=O)NC2CCS(O)(O)CC2)c2n(c1=S)CC(c1c(F)ccc(F)c1F)C2. The molecular weight excluding hydrogens is 451 g/mol. The fourth-order valence-electron chi connectivity index (χ4n) is 4.51. The van der Waals surface area contributed by atoms with Gasteiger partial charge in [-0.2, -0.15) is 10.6 Å². The molecule has 170 valence electrons. The highest BCUT2D eigenvalue weighted by atomic mass is 32.3. The van der Waals surface area contributed by atoms with E-state index in [9.17, 15) is 27.1 Å². The Morgan fingerprint density at radius 1 is 1.23 bits per heavy atom. The number of fused-ring (bicyclic) bond motifs is 1. The summed E-state index contributed by atoms with van der Waals surface area (Å²) >= 11 is 5.45. The van der Waals surface area contributed by atoms with Gasteiger partial charge in [-0.3, -0.25) is 13.9 Å². The highest BCUT2D eigenvalue weighted by Crippen LogP contribution is 2.44. The van der Waals surface area contributed by atoms with Crippen LogP contribution >= 0.6 is 22.8 Å². The van der Waals surface area contributed by atoms with Crippen molar-refractivity contribution in [2.24, 2.45) is 7.05 Å². The number of nitrogens with one attached hydrogen (secondary N) is 1. The summed E-state index contributed by atoms with van der Waals surface area (Å²) in [5.41, 5.74) is 1.08. The van der Waals surface area contributed by atoms with Crippen LogP contribution in [0.5, 0.6) is 0 Å². The van der Waals surface area contributed by atoms with E-state index < -0.39 is 34.0 Å². The minimum atomic E-state index is -2.52. The summed E-state index contributed by atoms with van der Waals surface area (Å²) in [4.78, 5) is 12.7. The number of hydrogen-bond acceptors (Lipinski definition) is 4. The van der Waals surface area contributed by atoms with Crippen molar-refractivity contribution < 1.29 is 27.1 Å². The fraction of sp³-hybridized carbons (Fsp3) is 0.500. The molecule has 1 amide bonds. The molecular formula is C20H24F3N3O3S2. The number of hydrogen-bond donors (Lipinski definition) is 3. The Morgan fingerprint density at radius 3 is 2.55 bits per heavy atom. The van der Waals surface area contributed by atoms with Crippen LogP contribution < -0.4 is 5.32 Å². The smallest absolute Gasteiger partial charge is 0.226 e. The van der Waals surface area contributed by atoms with Crippen molar-refractivity contribution in [2.45, 2.75) is 44.2 Å². The van der Waals surface area contributed by atoms with Crippen LogP contribution in [0.1, 0.15) is 35.7 Å². The predicted molar refractivity (Wildman–Crippen MR) is 114 cm³/mol. The summed E-state index contributed by atoms with van der Waals surface area (Å²) in [6, 6.07) is 1.56. The van der Waals surface area contributed by atoms with Crippen molar-refractivity contribution in [3.63, 3.8) is 0 Å². The number of carbonyl (C=O) groups is 1. The van der Waals surface area contributed by atoms with Crippen molar-refractivity contribution in [3.8, 4) is 0 Å². The summed E-state index contributed by atoms with van der Waals surface area (Å²) < 4.78 is 65.6. The molecule has 31 heavy (non-hydrogen) atoms. The Bertz CT molecular complexity index is 1090. The van der Waals surface area contributed by atoms with Gasteiger partial charge < -0.3 is 14.5 Å². The van der Waals surface area contributed by atoms with E-state index in [0.29, 0.717) is 29.0 Å². The monoisotopic (exact) mass is 475 g/mol. The molecule has 1 saturated heterocycles. The Kier molecular flexibility index (Phi) is 5.97. The van der Waals surface area contributed by atoms with E-state index in [0.717, 1.165) is 12.1 Å². The van der Waals surface area contributed by atoms with Crippen molar-refractivity contribution in [1.29, 1.82) is 0 Å². The summed E-state index contributed by atoms with van der Waals surface area (Å²) in [6.07, 6.45) is 1.28. The van der Waals surface area contributed by atoms with Crippen LogP contribution in [-0.4, -0.2) is 41.7 Å². The molecule has 0 radical (unpaired) electrons.